The van der Waals surface area contributed by atoms with Crippen molar-refractivity contribution in [1.82, 2.24) is 4.90 Å². The summed E-state index contributed by atoms with van der Waals surface area (Å²) in [6, 6.07) is 0. The number of nitrogens with zero attached hydrogens (tertiary/aromatic N) is 1. The molecule has 0 aliphatic carbocycles. The van der Waals surface area contributed by atoms with E-state index in [1.165, 1.54) is 70.6 Å². The zero-order chi connectivity index (χ0) is 25.5. The first-order valence-corrected chi connectivity index (χ1v) is 13.5. The van der Waals surface area contributed by atoms with Crippen molar-refractivity contribution >= 4 is 5.97 Å². The normalized spacial score (nSPS) is 14.1. The lowest BCUT2D eigenvalue weighted by molar-refractivity contribution is -0.137. The topological polar surface area (TPSA) is 101 Å². The summed E-state index contributed by atoms with van der Waals surface area (Å²) in [7, 11) is 0. The van der Waals surface area contributed by atoms with Crippen LogP contribution in [0.2, 0.25) is 0 Å². The van der Waals surface area contributed by atoms with E-state index in [1.807, 2.05) is 4.90 Å². The Kier molecular flexibility index (Phi) is 25.5. The van der Waals surface area contributed by atoms with Crippen LogP contribution in [0.25, 0.3) is 0 Å². The molecule has 0 spiro atoms. The zero-order valence-corrected chi connectivity index (χ0v) is 22.5. The Morgan fingerprint density at radius 1 is 0.576 bits per heavy atom. The Morgan fingerprint density at radius 2 is 0.879 bits per heavy atom. The lowest BCUT2D eigenvalue weighted by Crippen LogP contribution is -2.40. The van der Waals surface area contributed by atoms with Crippen molar-refractivity contribution < 1.29 is 25.2 Å². The van der Waals surface area contributed by atoms with Gasteiger partial charge in [-0.3, -0.25) is 9.69 Å². The highest BCUT2D eigenvalue weighted by Crippen LogP contribution is 2.14. The van der Waals surface area contributed by atoms with Crippen LogP contribution in [0.1, 0.15) is 125 Å². The summed E-state index contributed by atoms with van der Waals surface area (Å²) in [5.74, 6) is 0.212. The van der Waals surface area contributed by atoms with Gasteiger partial charge in [0.1, 0.15) is 0 Å². The first-order valence-electron chi connectivity index (χ1n) is 13.5. The minimum absolute atomic E-state index is 0.344. The number of aliphatic hydroxyl groups is 3. The third-order valence-corrected chi connectivity index (χ3v) is 5.49. The molecule has 6 heteroatoms. The van der Waals surface area contributed by atoms with Crippen LogP contribution >= 0.6 is 0 Å². The molecule has 3 unspecified atom stereocenters. The van der Waals surface area contributed by atoms with Crippen molar-refractivity contribution in [2.24, 2.45) is 5.92 Å². The molecule has 4 N–H and O–H groups in total. The van der Waals surface area contributed by atoms with Gasteiger partial charge >= 0.3 is 5.97 Å². The van der Waals surface area contributed by atoms with Gasteiger partial charge in [-0.2, -0.15) is 0 Å². The maximum atomic E-state index is 10.3. The standard InChI is InChI=1S/C18H36O2.C9H21NO3/c1-17(2)15-13-11-9-7-5-3-4-6-8-10-12-14-16-18(19)20;1-7(11)4-10(5-8(2)12)6-9(3)13/h17H,3-16H2,1-2H3,(H,19,20);7-9,11-13H,4-6H2,1-3H3. The molecule has 0 saturated carbocycles. The molecule has 3 atom stereocenters. The summed E-state index contributed by atoms with van der Waals surface area (Å²) < 4.78 is 0. The molecule has 0 bridgehead atoms. The summed E-state index contributed by atoms with van der Waals surface area (Å²) in [6.45, 7) is 11.1. The monoisotopic (exact) mass is 475 g/mol. The average Bonchev–Trinajstić information content (AvgIpc) is 2.66. The Labute approximate surface area is 204 Å². The number of aliphatic hydroxyl groups excluding tert-OH is 3. The largest absolute Gasteiger partial charge is 0.481 e. The second kappa shape index (κ2) is 24.4. The predicted molar refractivity (Wildman–Crippen MR) is 139 cm³/mol. The molecule has 0 radical (unpaired) electrons. The van der Waals surface area contributed by atoms with Crippen molar-refractivity contribution in [1.29, 1.82) is 0 Å². The van der Waals surface area contributed by atoms with E-state index in [0.717, 1.165) is 18.8 Å². The van der Waals surface area contributed by atoms with Gasteiger partial charge in [0.25, 0.3) is 0 Å². The Hall–Kier alpha value is -0.690. The molecule has 0 aromatic heterocycles. The molecule has 33 heavy (non-hydrogen) atoms. The third-order valence-electron chi connectivity index (χ3n) is 5.49. The van der Waals surface area contributed by atoms with Crippen LogP contribution in [0.4, 0.5) is 0 Å². The fraction of sp³-hybridized carbons (Fsp3) is 0.963. The molecule has 200 valence electrons. The van der Waals surface area contributed by atoms with Crippen molar-refractivity contribution in [2.75, 3.05) is 19.6 Å². The number of rotatable bonds is 21. The Bertz CT molecular complexity index is 390. The molecule has 6 nitrogen and oxygen atoms in total. The predicted octanol–water partition coefficient (Wildman–Crippen LogP) is 5.62. The van der Waals surface area contributed by atoms with Gasteiger partial charge in [0.2, 0.25) is 0 Å². The van der Waals surface area contributed by atoms with Gasteiger partial charge < -0.3 is 20.4 Å². The number of carbonyl (C=O) groups is 1. The van der Waals surface area contributed by atoms with Gasteiger partial charge in [-0.05, 0) is 33.1 Å². The van der Waals surface area contributed by atoms with Gasteiger partial charge in [-0.15, -0.1) is 0 Å². The highest BCUT2D eigenvalue weighted by molar-refractivity contribution is 5.66. The lowest BCUT2D eigenvalue weighted by atomic mass is 10.0. The Balaban J connectivity index is 0. The number of aliphatic carboxylic acids is 1. The van der Waals surface area contributed by atoms with Gasteiger partial charge in [-0.1, -0.05) is 90.9 Å². The van der Waals surface area contributed by atoms with E-state index < -0.39 is 24.3 Å². The molecule has 0 aromatic carbocycles. The minimum Gasteiger partial charge on any atom is -0.481 e. The maximum Gasteiger partial charge on any atom is 0.303 e. The molecule has 0 fully saturated rings. The highest BCUT2D eigenvalue weighted by atomic mass is 16.4. The van der Waals surface area contributed by atoms with E-state index >= 15 is 0 Å². The molecular formula is C27H57NO5. The molecule has 0 rings (SSSR count). The van der Waals surface area contributed by atoms with Crippen LogP contribution in [-0.2, 0) is 4.79 Å². The van der Waals surface area contributed by atoms with Crippen molar-refractivity contribution in [2.45, 2.75) is 143 Å². The smallest absolute Gasteiger partial charge is 0.303 e. The summed E-state index contributed by atoms with van der Waals surface area (Å²) in [6.07, 6.45) is 16.0. The number of carboxylic acid groups (broad SMARTS) is 1. The second-order valence-electron chi connectivity index (χ2n) is 10.3. The molecule has 0 amide bonds. The van der Waals surface area contributed by atoms with Crippen LogP contribution < -0.4 is 0 Å². The van der Waals surface area contributed by atoms with Gasteiger partial charge in [0.05, 0.1) is 18.3 Å². The van der Waals surface area contributed by atoms with Crippen LogP contribution in [0.3, 0.4) is 0 Å². The summed E-state index contributed by atoms with van der Waals surface area (Å²) >= 11 is 0. The lowest BCUT2D eigenvalue weighted by Gasteiger charge is -2.25. The van der Waals surface area contributed by atoms with E-state index in [2.05, 4.69) is 13.8 Å². The molecule has 0 heterocycles. The average molecular weight is 476 g/mol. The zero-order valence-electron chi connectivity index (χ0n) is 22.5. The van der Waals surface area contributed by atoms with Crippen LogP contribution in [0, 0.1) is 5.92 Å². The minimum atomic E-state index is -0.654. The number of unbranched alkanes of at least 4 members (excludes halogenated alkanes) is 11. The summed E-state index contributed by atoms with van der Waals surface area (Å²) in [5, 5.41) is 35.9. The van der Waals surface area contributed by atoms with E-state index in [0.29, 0.717) is 26.1 Å². The maximum absolute atomic E-state index is 10.3. The first kappa shape index (κ1) is 34.5. The van der Waals surface area contributed by atoms with Crippen molar-refractivity contribution in [3.05, 3.63) is 0 Å². The van der Waals surface area contributed by atoms with Crippen LogP contribution in [-0.4, -0.2) is 69.2 Å². The number of carboxylic acids is 1. The second-order valence-corrected chi connectivity index (χ2v) is 10.3. The van der Waals surface area contributed by atoms with Gasteiger partial charge in [0, 0.05) is 26.1 Å². The van der Waals surface area contributed by atoms with Crippen LogP contribution in [0.15, 0.2) is 0 Å². The van der Waals surface area contributed by atoms with E-state index in [9.17, 15) is 4.79 Å². The SMILES string of the molecule is CC(C)CCCCCCCCCCCCCCC(=O)O.CC(O)CN(CC(C)O)CC(C)O. The first-order chi connectivity index (χ1) is 15.5. The highest BCUT2D eigenvalue weighted by Gasteiger charge is 2.12. The fourth-order valence-electron chi connectivity index (χ4n) is 3.94. The van der Waals surface area contributed by atoms with Crippen molar-refractivity contribution in [3.63, 3.8) is 0 Å². The third kappa shape index (κ3) is 33.6. The number of hydrogen-bond acceptors (Lipinski definition) is 5. The Morgan fingerprint density at radius 3 is 1.15 bits per heavy atom. The van der Waals surface area contributed by atoms with E-state index in [4.69, 9.17) is 20.4 Å². The molecular weight excluding hydrogens is 418 g/mol. The fourth-order valence-corrected chi connectivity index (χ4v) is 3.94. The van der Waals surface area contributed by atoms with Gasteiger partial charge in [-0.25, -0.2) is 0 Å². The van der Waals surface area contributed by atoms with E-state index in [1.54, 1.807) is 20.8 Å². The summed E-state index contributed by atoms with van der Waals surface area (Å²) in [5.41, 5.74) is 0. The molecule has 0 aliphatic rings. The molecule has 0 aliphatic heterocycles. The number of hydrogen-bond donors (Lipinski definition) is 4. The van der Waals surface area contributed by atoms with Crippen molar-refractivity contribution in [3.8, 4) is 0 Å². The molecule has 0 aromatic rings. The van der Waals surface area contributed by atoms with E-state index in [-0.39, 0.29) is 0 Å². The summed E-state index contributed by atoms with van der Waals surface area (Å²) in [4.78, 5) is 12.2. The van der Waals surface area contributed by atoms with Crippen LogP contribution in [0.5, 0.6) is 0 Å². The molecule has 0 saturated heterocycles. The van der Waals surface area contributed by atoms with Gasteiger partial charge in [0.15, 0.2) is 0 Å². The quantitative estimate of drug-likeness (QED) is 0.161.